The lowest BCUT2D eigenvalue weighted by atomic mass is 10.1. The smallest absolute Gasteiger partial charge is 0.258 e. The maximum atomic E-state index is 10.6. The fourth-order valence-electron chi connectivity index (χ4n) is 1.91. The van der Waals surface area contributed by atoms with Crippen LogP contribution >= 0.6 is 0 Å². The Hall–Kier alpha value is -3.01. The van der Waals surface area contributed by atoms with Gasteiger partial charge < -0.3 is 0 Å². The van der Waals surface area contributed by atoms with Gasteiger partial charge in [0.2, 0.25) is 5.69 Å². The van der Waals surface area contributed by atoms with Crippen LogP contribution in [-0.4, -0.2) is 14.8 Å². The second-order valence-electron chi connectivity index (χ2n) is 4.09. The molecule has 1 aliphatic rings. The Labute approximate surface area is 107 Å². The third-order valence-corrected chi connectivity index (χ3v) is 2.87. The van der Waals surface area contributed by atoms with Crippen LogP contribution in [0.4, 0.5) is 0 Å². The zero-order valence-corrected chi connectivity index (χ0v) is 9.72. The number of benzene rings is 1. The average molecular weight is 254 g/mol. The standard InChI is InChI=1S/C12H8N5O2/c13-5-9-1-3-10(4-2-9)12-8-15-6-11(17(18)19)7-16(15)14-12/h1-4,6,8H,7H2/q+1. The second kappa shape index (κ2) is 4.03. The molecule has 0 spiro atoms. The summed E-state index contributed by atoms with van der Waals surface area (Å²) in [5, 5.41) is 23.7. The van der Waals surface area contributed by atoms with E-state index in [0.717, 1.165) is 5.56 Å². The average Bonchev–Trinajstić information content (AvgIpc) is 2.97. The summed E-state index contributed by atoms with van der Waals surface area (Å²) in [6.07, 6.45) is 3.16. The van der Waals surface area contributed by atoms with Gasteiger partial charge in [0.25, 0.3) is 0 Å². The normalized spacial score (nSPS) is 12.7. The molecular weight excluding hydrogens is 246 g/mol. The number of aromatic nitrogens is 3. The molecule has 7 heteroatoms. The molecule has 3 rings (SSSR count). The van der Waals surface area contributed by atoms with E-state index in [4.69, 9.17) is 5.26 Å². The summed E-state index contributed by atoms with van der Waals surface area (Å²) in [4.78, 5) is 11.8. The Bertz CT molecular complexity index is 736. The highest BCUT2D eigenvalue weighted by Gasteiger charge is 2.30. The van der Waals surface area contributed by atoms with Crippen molar-refractivity contribution in [1.29, 1.82) is 5.26 Å². The zero-order valence-electron chi connectivity index (χ0n) is 9.72. The highest BCUT2D eigenvalue weighted by Crippen LogP contribution is 2.17. The Morgan fingerprint density at radius 3 is 2.74 bits per heavy atom. The molecule has 2 aromatic rings. The molecule has 0 bridgehead atoms. The van der Waals surface area contributed by atoms with Crippen LogP contribution in [0.25, 0.3) is 17.5 Å². The van der Waals surface area contributed by atoms with Gasteiger partial charge >= 0.3 is 5.70 Å². The fraction of sp³-hybridized carbons (Fsp3) is 0.0833. The van der Waals surface area contributed by atoms with Gasteiger partial charge in [0.1, 0.15) is 0 Å². The van der Waals surface area contributed by atoms with Gasteiger partial charge in [-0.2, -0.15) is 5.26 Å². The lowest BCUT2D eigenvalue weighted by molar-refractivity contribution is -0.658. The molecule has 0 N–H and O–H groups in total. The maximum Gasteiger partial charge on any atom is 0.314 e. The predicted octanol–water partition coefficient (Wildman–Crippen LogP) is 0.798. The van der Waals surface area contributed by atoms with E-state index in [2.05, 4.69) is 5.10 Å². The van der Waals surface area contributed by atoms with Crippen molar-refractivity contribution in [2.45, 2.75) is 6.54 Å². The van der Waals surface area contributed by atoms with E-state index < -0.39 is 4.92 Å². The number of rotatable bonds is 2. The van der Waals surface area contributed by atoms with Crippen molar-refractivity contribution in [2.75, 3.05) is 0 Å². The monoisotopic (exact) mass is 254 g/mol. The van der Waals surface area contributed by atoms with Crippen LogP contribution in [-0.2, 0) is 6.54 Å². The van der Waals surface area contributed by atoms with E-state index >= 15 is 0 Å². The van der Waals surface area contributed by atoms with Crippen LogP contribution in [0.2, 0.25) is 0 Å². The number of nitriles is 1. The Morgan fingerprint density at radius 2 is 2.16 bits per heavy atom. The van der Waals surface area contributed by atoms with E-state index in [1.807, 2.05) is 6.07 Å². The van der Waals surface area contributed by atoms with Gasteiger partial charge in [0.15, 0.2) is 18.9 Å². The summed E-state index contributed by atoms with van der Waals surface area (Å²) in [7, 11) is 0. The molecule has 0 unspecified atom stereocenters. The van der Waals surface area contributed by atoms with Crippen LogP contribution in [0.3, 0.4) is 0 Å². The van der Waals surface area contributed by atoms with Gasteiger partial charge in [-0.05, 0) is 29.1 Å². The lowest BCUT2D eigenvalue weighted by Gasteiger charge is -1.91. The number of nitrogens with zero attached hydrogens (tertiary/aromatic N) is 5. The van der Waals surface area contributed by atoms with Crippen LogP contribution < -0.4 is 4.68 Å². The van der Waals surface area contributed by atoms with Crippen molar-refractivity contribution in [3.8, 4) is 17.3 Å². The van der Waals surface area contributed by atoms with Gasteiger partial charge in [-0.1, -0.05) is 0 Å². The number of nitro groups is 1. The SMILES string of the molecule is N#Cc1ccc(-c2c[n+]3n(n2)CC([N+](=O)[O-])=C3)cc1. The first kappa shape index (κ1) is 11.1. The van der Waals surface area contributed by atoms with Gasteiger partial charge in [0.05, 0.1) is 16.6 Å². The minimum atomic E-state index is -0.414. The van der Waals surface area contributed by atoms with E-state index in [-0.39, 0.29) is 12.2 Å². The molecule has 0 fully saturated rings. The topological polar surface area (TPSA) is 88.6 Å². The Morgan fingerprint density at radius 1 is 1.42 bits per heavy atom. The van der Waals surface area contributed by atoms with Crippen molar-refractivity contribution in [3.05, 3.63) is 51.8 Å². The van der Waals surface area contributed by atoms with Crippen LogP contribution in [0.15, 0.2) is 36.2 Å². The molecular formula is C12H8N5O2+. The highest BCUT2D eigenvalue weighted by molar-refractivity contribution is 5.58. The largest absolute Gasteiger partial charge is 0.314 e. The predicted molar refractivity (Wildman–Crippen MR) is 63.8 cm³/mol. The lowest BCUT2D eigenvalue weighted by Crippen LogP contribution is -2.32. The summed E-state index contributed by atoms with van der Waals surface area (Å²) >= 11 is 0. The van der Waals surface area contributed by atoms with E-state index in [1.165, 1.54) is 11.0 Å². The first-order chi connectivity index (χ1) is 9.17. The molecule has 0 atom stereocenters. The molecule has 7 nitrogen and oxygen atoms in total. The summed E-state index contributed by atoms with van der Waals surface area (Å²) in [6.45, 7) is 0.156. The third-order valence-electron chi connectivity index (χ3n) is 2.87. The minimum absolute atomic E-state index is 0.110. The molecule has 0 saturated carbocycles. The Balaban J connectivity index is 1.95. The van der Waals surface area contributed by atoms with Gasteiger partial charge in [0, 0.05) is 10.7 Å². The first-order valence-electron chi connectivity index (χ1n) is 5.52. The Kier molecular flexibility index (Phi) is 2.35. The van der Waals surface area contributed by atoms with Crippen molar-refractivity contribution in [1.82, 2.24) is 9.90 Å². The molecule has 0 saturated heterocycles. The quantitative estimate of drug-likeness (QED) is 0.450. The molecule has 19 heavy (non-hydrogen) atoms. The first-order valence-corrected chi connectivity index (χ1v) is 5.52. The van der Waals surface area contributed by atoms with Crippen molar-refractivity contribution < 1.29 is 9.61 Å². The van der Waals surface area contributed by atoms with Crippen LogP contribution in [0, 0.1) is 21.4 Å². The molecule has 0 amide bonds. The van der Waals surface area contributed by atoms with E-state index in [9.17, 15) is 10.1 Å². The van der Waals surface area contributed by atoms with Crippen molar-refractivity contribution in [2.24, 2.45) is 0 Å². The van der Waals surface area contributed by atoms with Gasteiger partial charge in [-0.25, -0.2) is 0 Å². The van der Waals surface area contributed by atoms with E-state index in [0.29, 0.717) is 11.3 Å². The maximum absolute atomic E-state index is 10.6. The fourth-order valence-corrected chi connectivity index (χ4v) is 1.91. The summed E-state index contributed by atoms with van der Waals surface area (Å²) in [6, 6.07) is 9.07. The van der Waals surface area contributed by atoms with Crippen molar-refractivity contribution in [3.63, 3.8) is 0 Å². The number of hydrogen-bond acceptors (Lipinski definition) is 4. The summed E-state index contributed by atoms with van der Waals surface area (Å²) < 4.78 is 1.59. The van der Waals surface area contributed by atoms with E-state index in [1.54, 1.807) is 35.1 Å². The molecule has 1 aromatic carbocycles. The molecule has 1 aromatic heterocycles. The molecule has 2 heterocycles. The molecule has 0 aliphatic carbocycles. The number of fused-ring (bicyclic) bond motifs is 1. The number of hydrogen-bond donors (Lipinski definition) is 0. The summed E-state index contributed by atoms with van der Waals surface area (Å²) in [5.41, 5.74) is 2.27. The summed E-state index contributed by atoms with van der Waals surface area (Å²) in [5.74, 6) is 0. The minimum Gasteiger partial charge on any atom is -0.258 e. The van der Waals surface area contributed by atoms with Gasteiger partial charge in [-0.3, -0.25) is 10.1 Å². The van der Waals surface area contributed by atoms with Crippen LogP contribution in [0.1, 0.15) is 5.56 Å². The highest BCUT2D eigenvalue weighted by atomic mass is 16.6. The van der Waals surface area contributed by atoms with Crippen molar-refractivity contribution >= 4 is 6.20 Å². The number of allylic oxidation sites excluding steroid dienone is 1. The molecule has 92 valence electrons. The zero-order chi connectivity index (χ0) is 13.4. The molecule has 1 aliphatic heterocycles. The van der Waals surface area contributed by atoms with Crippen LogP contribution in [0.5, 0.6) is 0 Å². The van der Waals surface area contributed by atoms with Gasteiger partial charge in [-0.15, -0.1) is 4.68 Å². The third kappa shape index (κ3) is 1.85. The second-order valence-corrected chi connectivity index (χ2v) is 4.09. The molecule has 0 radical (unpaired) electrons.